The Kier molecular flexibility index (Phi) is 4.46. The van der Waals surface area contributed by atoms with Gasteiger partial charge in [-0.25, -0.2) is 22.3 Å². The van der Waals surface area contributed by atoms with Gasteiger partial charge >= 0.3 is 0 Å². The summed E-state index contributed by atoms with van der Waals surface area (Å²) < 4.78 is 54.7. The minimum absolute atomic E-state index is 0.147. The molecule has 2 N–H and O–H groups in total. The summed E-state index contributed by atoms with van der Waals surface area (Å²) in [5.41, 5.74) is 0.589. The van der Waals surface area contributed by atoms with Crippen LogP contribution in [0.15, 0.2) is 41.3 Å². The van der Waals surface area contributed by atoms with E-state index in [1.807, 2.05) is 0 Å². The number of hydrogen-bond donors (Lipinski definition) is 1. The van der Waals surface area contributed by atoms with Gasteiger partial charge in [-0.15, -0.1) is 0 Å². The quantitative estimate of drug-likeness (QED) is 0.935. The van der Waals surface area contributed by atoms with Gasteiger partial charge in [-0.3, -0.25) is 0 Å². The van der Waals surface area contributed by atoms with Crippen LogP contribution in [-0.2, 0) is 16.6 Å². The van der Waals surface area contributed by atoms with Crippen LogP contribution < -0.4 is 9.88 Å². The number of hydrogen-bond acceptors (Lipinski definition) is 3. The first kappa shape index (κ1) is 15.7. The zero-order valence-electron chi connectivity index (χ0n) is 10.5. The molecule has 0 spiro atoms. The summed E-state index contributed by atoms with van der Waals surface area (Å²) >= 11 is 5.79. The molecule has 2 rings (SSSR count). The fourth-order valence-electron chi connectivity index (χ4n) is 1.67. The fourth-order valence-corrected chi connectivity index (χ4v) is 2.57. The Morgan fingerprint density at radius 1 is 1.19 bits per heavy atom. The molecule has 0 atom stereocenters. The molecule has 0 saturated carbocycles. The highest BCUT2D eigenvalue weighted by atomic mass is 35.5. The van der Waals surface area contributed by atoms with Gasteiger partial charge in [0.05, 0.1) is 0 Å². The van der Waals surface area contributed by atoms with Crippen molar-refractivity contribution in [2.45, 2.75) is 11.5 Å². The SMILES string of the molecule is NS(=O)(=O)c1cc(F)cc(F)c1OCc1cccc(Cl)c1. The predicted octanol–water partition coefficient (Wildman–Crippen LogP) is 2.84. The molecule has 0 fully saturated rings. The normalized spacial score (nSPS) is 11.4. The molecule has 0 saturated heterocycles. The van der Waals surface area contributed by atoms with Crippen molar-refractivity contribution in [3.05, 3.63) is 58.6 Å². The van der Waals surface area contributed by atoms with E-state index in [4.69, 9.17) is 21.5 Å². The van der Waals surface area contributed by atoms with Crippen molar-refractivity contribution < 1.29 is 21.9 Å². The molecule has 0 aliphatic rings. The van der Waals surface area contributed by atoms with E-state index in [9.17, 15) is 17.2 Å². The molecule has 21 heavy (non-hydrogen) atoms. The lowest BCUT2D eigenvalue weighted by molar-refractivity contribution is 0.280. The molecule has 0 unspecified atom stereocenters. The molecule has 2 aromatic rings. The van der Waals surface area contributed by atoms with E-state index >= 15 is 0 Å². The van der Waals surface area contributed by atoms with E-state index < -0.39 is 32.3 Å². The van der Waals surface area contributed by atoms with Crippen LogP contribution in [0.1, 0.15) is 5.56 Å². The predicted molar refractivity (Wildman–Crippen MR) is 73.5 cm³/mol. The van der Waals surface area contributed by atoms with Crippen LogP contribution >= 0.6 is 11.6 Å². The molecule has 0 heterocycles. The average molecular weight is 334 g/mol. The number of rotatable bonds is 4. The van der Waals surface area contributed by atoms with Crippen LogP contribution in [0.25, 0.3) is 0 Å². The van der Waals surface area contributed by atoms with E-state index in [2.05, 4.69) is 0 Å². The Bertz CT molecular complexity index is 781. The van der Waals surface area contributed by atoms with Crippen molar-refractivity contribution in [1.82, 2.24) is 0 Å². The summed E-state index contributed by atoms with van der Waals surface area (Å²) in [5, 5.41) is 5.37. The van der Waals surface area contributed by atoms with Gasteiger partial charge in [0.1, 0.15) is 17.3 Å². The molecule has 8 heteroatoms. The van der Waals surface area contributed by atoms with Crippen LogP contribution in [0.3, 0.4) is 0 Å². The summed E-state index contributed by atoms with van der Waals surface area (Å²) in [6.07, 6.45) is 0. The number of sulfonamides is 1. The zero-order chi connectivity index (χ0) is 15.6. The molecular formula is C13H10ClF2NO3S. The van der Waals surface area contributed by atoms with Gasteiger partial charge in [0, 0.05) is 11.1 Å². The van der Waals surface area contributed by atoms with Gasteiger partial charge in [0.15, 0.2) is 11.6 Å². The van der Waals surface area contributed by atoms with Crippen LogP contribution in [0.5, 0.6) is 5.75 Å². The van der Waals surface area contributed by atoms with Crippen molar-refractivity contribution >= 4 is 21.6 Å². The second kappa shape index (κ2) is 5.97. The fraction of sp³-hybridized carbons (Fsp3) is 0.0769. The van der Waals surface area contributed by atoms with E-state index in [1.54, 1.807) is 24.3 Å². The topological polar surface area (TPSA) is 69.4 Å². The van der Waals surface area contributed by atoms with Crippen molar-refractivity contribution in [1.29, 1.82) is 0 Å². The van der Waals surface area contributed by atoms with Crippen molar-refractivity contribution in [3.8, 4) is 5.75 Å². The summed E-state index contributed by atoms with van der Waals surface area (Å²) in [4.78, 5) is -0.748. The largest absolute Gasteiger partial charge is 0.484 e. The monoisotopic (exact) mass is 333 g/mol. The highest BCUT2D eigenvalue weighted by molar-refractivity contribution is 7.89. The van der Waals surface area contributed by atoms with Crippen LogP contribution in [0.2, 0.25) is 5.02 Å². The summed E-state index contributed by atoms with van der Waals surface area (Å²) in [6, 6.07) is 7.64. The molecule has 0 aliphatic heterocycles. The summed E-state index contributed by atoms with van der Waals surface area (Å²) in [6.45, 7) is -0.147. The van der Waals surface area contributed by atoms with Gasteiger partial charge in [0.25, 0.3) is 0 Å². The lowest BCUT2D eigenvalue weighted by atomic mass is 10.2. The first-order valence-corrected chi connectivity index (χ1v) is 7.59. The Hall–Kier alpha value is -1.70. The molecular weight excluding hydrogens is 324 g/mol. The Labute approximate surface area is 125 Å². The Morgan fingerprint density at radius 2 is 1.90 bits per heavy atom. The molecule has 4 nitrogen and oxygen atoms in total. The standard InChI is InChI=1S/C13H10ClF2NO3S/c14-9-3-1-2-8(4-9)7-20-13-11(16)5-10(15)6-12(13)21(17,18)19/h1-6H,7H2,(H2,17,18,19). The van der Waals surface area contributed by atoms with E-state index in [1.165, 1.54) is 0 Å². The Balaban J connectivity index is 2.36. The number of benzene rings is 2. The van der Waals surface area contributed by atoms with Crippen molar-refractivity contribution in [2.24, 2.45) is 5.14 Å². The smallest absolute Gasteiger partial charge is 0.241 e. The maximum atomic E-state index is 13.7. The van der Waals surface area contributed by atoms with Gasteiger partial charge in [-0.1, -0.05) is 23.7 Å². The molecule has 0 bridgehead atoms. The minimum Gasteiger partial charge on any atom is -0.484 e. The van der Waals surface area contributed by atoms with Gasteiger partial charge in [-0.2, -0.15) is 0 Å². The second-order valence-corrected chi connectivity index (χ2v) is 6.14. The average Bonchev–Trinajstić information content (AvgIpc) is 2.36. The number of ether oxygens (including phenoxy) is 1. The van der Waals surface area contributed by atoms with Crippen molar-refractivity contribution in [3.63, 3.8) is 0 Å². The third-order valence-electron chi connectivity index (χ3n) is 2.55. The van der Waals surface area contributed by atoms with Crippen molar-refractivity contribution in [2.75, 3.05) is 0 Å². The summed E-state index contributed by atoms with van der Waals surface area (Å²) in [5.74, 6) is -2.84. The molecule has 0 aromatic heterocycles. The molecule has 0 aliphatic carbocycles. The molecule has 2 aromatic carbocycles. The molecule has 0 radical (unpaired) electrons. The van der Waals surface area contributed by atoms with Gasteiger partial charge < -0.3 is 4.74 Å². The van der Waals surface area contributed by atoms with Crippen LogP contribution in [0.4, 0.5) is 8.78 Å². The number of primary sulfonamides is 1. The lowest BCUT2D eigenvalue weighted by Crippen LogP contribution is -2.15. The van der Waals surface area contributed by atoms with E-state index in [-0.39, 0.29) is 6.61 Å². The second-order valence-electron chi connectivity index (χ2n) is 4.18. The highest BCUT2D eigenvalue weighted by Gasteiger charge is 2.21. The molecule has 0 amide bonds. The Morgan fingerprint density at radius 3 is 2.52 bits per heavy atom. The minimum atomic E-state index is -4.32. The maximum Gasteiger partial charge on any atom is 0.241 e. The first-order chi connectivity index (χ1) is 9.77. The van der Waals surface area contributed by atoms with Crippen LogP contribution in [0, 0.1) is 11.6 Å². The maximum absolute atomic E-state index is 13.7. The van der Waals surface area contributed by atoms with E-state index in [0.717, 1.165) is 0 Å². The zero-order valence-corrected chi connectivity index (χ0v) is 12.1. The van der Waals surface area contributed by atoms with E-state index in [0.29, 0.717) is 22.7 Å². The highest BCUT2D eigenvalue weighted by Crippen LogP contribution is 2.28. The third-order valence-corrected chi connectivity index (χ3v) is 3.70. The summed E-state index contributed by atoms with van der Waals surface area (Å²) in [7, 11) is -4.32. The number of halogens is 3. The lowest BCUT2D eigenvalue weighted by Gasteiger charge is -2.11. The van der Waals surface area contributed by atoms with Crippen LogP contribution in [-0.4, -0.2) is 8.42 Å². The van der Waals surface area contributed by atoms with Gasteiger partial charge in [0.2, 0.25) is 10.0 Å². The third kappa shape index (κ3) is 3.90. The number of nitrogens with two attached hydrogens (primary N) is 1. The van der Waals surface area contributed by atoms with Gasteiger partial charge in [-0.05, 0) is 23.8 Å². The first-order valence-electron chi connectivity index (χ1n) is 5.66. The molecule has 112 valence electrons.